The summed E-state index contributed by atoms with van der Waals surface area (Å²) in [6.45, 7) is 0. The molecular weight excluding hydrogens is 338 g/mol. The number of carbonyl (C=O) groups excluding carboxylic acids is 3. The van der Waals surface area contributed by atoms with Crippen molar-refractivity contribution in [3.63, 3.8) is 0 Å². The zero-order chi connectivity index (χ0) is 17.9. The van der Waals surface area contributed by atoms with E-state index in [4.69, 9.17) is 25.8 Å². The minimum absolute atomic E-state index is 0.467. The molecule has 1 saturated heterocycles. The summed E-state index contributed by atoms with van der Waals surface area (Å²) >= 11 is 6.01. The molecule has 2 rings (SSSR count). The fourth-order valence-electron chi connectivity index (χ4n) is 3.00. The lowest BCUT2D eigenvalue weighted by Crippen LogP contribution is -2.42. The van der Waals surface area contributed by atoms with Crippen LogP contribution in [0.2, 0.25) is 5.02 Å². The number of ether oxygens (including phenoxy) is 3. The van der Waals surface area contributed by atoms with E-state index >= 15 is 0 Å². The SMILES string of the molecule is COC(=O)[C@@H]1[C@H](C(=O)OC)[C@H](c2cccc(Cl)c2)N[C@@H]1C(=O)OC. The number of rotatable bonds is 4. The van der Waals surface area contributed by atoms with Gasteiger partial charge in [0.25, 0.3) is 0 Å². The summed E-state index contributed by atoms with van der Waals surface area (Å²) in [4.78, 5) is 36.6. The largest absolute Gasteiger partial charge is 0.469 e. The molecule has 0 aromatic heterocycles. The molecule has 0 saturated carbocycles. The van der Waals surface area contributed by atoms with Gasteiger partial charge < -0.3 is 14.2 Å². The number of halogens is 1. The average Bonchev–Trinajstić information content (AvgIpc) is 3.00. The smallest absolute Gasteiger partial charge is 0.323 e. The van der Waals surface area contributed by atoms with Crippen molar-refractivity contribution in [2.24, 2.45) is 11.8 Å². The molecule has 8 heteroatoms. The molecule has 1 aromatic carbocycles. The van der Waals surface area contributed by atoms with Crippen LogP contribution in [-0.2, 0) is 28.6 Å². The van der Waals surface area contributed by atoms with Crippen molar-refractivity contribution in [3.05, 3.63) is 34.9 Å². The van der Waals surface area contributed by atoms with Gasteiger partial charge in [0, 0.05) is 11.1 Å². The first-order valence-corrected chi connectivity index (χ1v) is 7.57. The maximum absolute atomic E-state index is 12.3. The molecule has 1 aliphatic rings. The van der Waals surface area contributed by atoms with Crippen molar-refractivity contribution in [1.82, 2.24) is 5.32 Å². The molecule has 0 aliphatic carbocycles. The molecule has 0 unspecified atom stereocenters. The zero-order valence-electron chi connectivity index (χ0n) is 13.4. The Kier molecular flexibility index (Phi) is 5.80. The van der Waals surface area contributed by atoms with Crippen LogP contribution >= 0.6 is 11.6 Å². The summed E-state index contributed by atoms with van der Waals surface area (Å²) in [6, 6.07) is 5.12. The Labute approximate surface area is 144 Å². The van der Waals surface area contributed by atoms with Crippen LogP contribution in [0.4, 0.5) is 0 Å². The highest BCUT2D eigenvalue weighted by molar-refractivity contribution is 6.30. The van der Waals surface area contributed by atoms with Crippen LogP contribution in [0.3, 0.4) is 0 Å². The van der Waals surface area contributed by atoms with E-state index in [1.54, 1.807) is 24.3 Å². The Morgan fingerprint density at radius 3 is 2.08 bits per heavy atom. The molecule has 130 valence electrons. The first-order chi connectivity index (χ1) is 11.4. The molecular formula is C16H18ClNO6. The van der Waals surface area contributed by atoms with Gasteiger partial charge in [-0.05, 0) is 17.7 Å². The van der Waals surface area contributed by atoms with E-state index in [-0.39, 0.29) is 0 Å². The molecule has 0 bridgehead atoms. The van der Waals surface area contributed by atoms with E-state index < -0.39 is 41.8 Å². The average molecular weight is 356 g/mol. The van der Waals surface area contributed by atoms with E-state index in [0.717, 1.165) is 0 Å². The normalized spacial score (nSPS) is 25.8. The second kappa shape index (κ2) is 7.63. The standard InChI is InChI=1S/C16H18ClNO6/c1-22-14(19)10-11(15(20)23-2)13(16(21)24-3)18-12(10)8-5-4-6-9(17)7-8/h4-7,10-13,18H,1-3H3/t10-,11+,12-,13-/m0/s1. The molecule has 7 nitrogen and oxygen atoms in total. The number of methoxy groups -OCH3 is 3. The summed E-state index contributed by atoms with van der Waals surface area (Å²) in [6.07, 6.45) is 0. The third-order valence-electron chi connectivity index (χ3n) is 4.07. The van der Waals surface area contributed by atoms with Crippen molar-refractivity contribution in [2.45, 2.75) is 12.1 Å². The van der Waals surface area contributed by atoms with Crippen LogP contribution in [0.25, 0.3) is 0 Å². The van der Waals surface area contributed by atoms with Crippen LogP contribution in [0.1, 0.15) is 11.6 Å². The Balaban J connectivity index is 2.51. The summed E-state index contributed by atoms with van der Waals surface area (Å²) in [7, 11) is 3.62. The maximum atomic E-state index is 12.3. The number of nitrogens with one attached hydrogen (secondary N) is 1. The van der Waals surface area contributed by atoms with E-state index in [1.165, 1.54) is 21.3 Å². The molecule has 1 heterocycles. The van der Waals surface area contributed by atoms with E-state index in [9.17, 15) is 14.4 Å². The van der Waals surface area contributed by atoms with Crippen LogP contribution in [0, 0.1) is 11.8 Å². The fourth-order valence-corrected chi connectivity index (χ4v) is 3.20. The minimum atomic E-state index is -1.07. The fraction of sp³-hybridized carbons (Fsp3) is 0.438. The highest BCUT2D eigenvalue weighted by Crippen LogP contribution is 2.39. The van der Waals surface area contributed by atoms with Crippen molar-refractivity contribution >= 4 is 29.5 Å². The van der Waals surface area contributed by atoms with Crippen LogP contribution in [0.15, 0.2) is 24.3 Å². The molecule has 0 spiro atoms. The van der Waals surface area contributed by atoms with Crippen LogP contribution in [0.5, 0.6) is 0 Å². The molecule has 1 fully saturated rings. The highest BCUT2D eigenvalue weighted by atomic mass is 35.5. The molecule has 0 amide bonds. The lowest BCUT2D eigenvalue weighted by molar-refractivity contribution is -0.159. The predicted molar refractivity (Wildman–Crippen MR) is 84.1 cm³/mol. The summed E-state index contributed by atoms with van der Waals surface area (Å²) < 4.78 is 14.3. The first-order valence-electron chi connectivity index (χ1n) is 7.19. The zero-order valence-corrected chi connectivity index (χ0v) is 14.2. The minimum Gasteiger partial charge on any atom is -0.469 e. The van der Waals surface area contributed by atoms with Crippen LogP contribution in [-0.4, -0.2) is 45.3 Å². The monoisotopic (exact) mass is 355 g/mol. The molecule has 1 N–H and O–H groups in total. The molecule has 0 radical (unpaired) electrons. The Morgan fingerprint density at radius 2 is 1.54 bits per heavy atom. The summed E-state index contributed by atoms with van der Waals surface area (Å²) in [5.41, 5.74) is 0.651. The number of benzene rings is 1. The predicted octanol–water partition coefficient (Wildman–Crippen LogP) is 1.10. The third-order valence-corrected chi connectivity index (χ3v) is 4.31. The van der Waals surface area contributed by atoms with Crippen molar-refractivity contribution in [2.75, 3.05) is 21.3 Å². The number of hydrogen-bond donors (Lipinski definition) is 1. The first kappa shape index (κ1) is 18.2. The van der Waals surface area contributed by atoms with Crippen molar-refractivity contribution in [1.29, 1.82) is 0 Å². The molecule has 1 aliphatic heterocycles. The quantitative estimate of drug-likeness (QED) is 0.639. The van der Waals surface area contributed by atoms with Gasteiger partial charge in [0.15, 0.2) is 0 Å². The van der Waals surface area contributed by atoms with Gasteiger partial charge in [-0.2, -0.15) is 0 Å². The van der Waals surface area contributed by atoms with Gasteiger partial charge in [0.1, 0.15) is 6.04 Å². The van der Waals surface area contributed by atoms with Crippen LogP contribution < -0.4 is 5.32 Å². The summed E-state index contributed by atoms with van der Waals surface area (Å²) in [5.74, 6) is -4.01. The third kappa shape index (κ3) is 3.37. The van der Waals surface area contributed by atoms with E-state index in [0.29, 0.717) is 10.6 Å². The molecule has 24 heavy (non-hydrogen) atoms. The van der Waals surface area contributed by atoms with Gasteiger partial charge in [-0.3, -0.25) is 19.7 Å². The van der Waals surface area contributed by atoms with Gasteiger partial charge >= 0.3 is 17.9 Å². The Hall–Kier alpha value is -2.12. The van der Waals surface area contributed by atoms with Crippen molar-refractivity contribution < 1.29 is 28.6 Å². The number of hydrogen-bond acceptors (Lipinski definition) is 7. The maximum Gasteiger partial charge on any atom is 0.323 e. The second-order valence-corrected chi connectivity index (χ2v) is 5.73. The Bertz CT molecular complexity index is 649. The summed E-state index contributed by atoms with van der Waals surface area (Å²) in [5, 5.41) is 3.45. The van der Waals surface area contributed by atoms with Gasteiger partial charge in [0.2, 0.25) is 0 Å². The lowest BCUT2D eigenvalue weighted by Gasteiger charge is -2.21. The van der Waals surface area contributed by atoms with Gasteiger partial charge in [-0.15, -0.1) is 0 Å². The topological polar surface area (TPSA) is 90.9 Å². The van der Waals surface area contributed by atoms with Gasteiger partial charge in [-0.1, -0.05) is 23.7 Å². The molecule has 4 atom stereocenters. The van der Waals surface area contributed by atoms with Gasteiger partial charge in [-0.25, -0.2) is 0 Å². The van der Waals surface area contributed by atoms with E-state index in [1.807, 2.05) is 0 Å². The lowest BCUT2D eigenvalue weighted by atomic mass is 9.84. The number of carbonyl (C=O) groups is 3. The molecule has 1 aromatic rings. The number of esters is 3. The van der Waals surface area contributed by atoms with Gasteiger partial charge in [0.05, 0.1) is 33.2 Å². The second-order valence-electron chi connectivity index (χ2n) is 5.30. The van der Waals surface area contributed by atoms with Crippen molar-refractivity contribution in [3.8, 4) is 0 Å². The van der Waals surface area contributed by atoms with E-state index in [2.05, 4.69) is 5.32 Å². The highest BCUT2D eigenvalue weighted by Gasteiger charge is 2.55. The Morgan fingerprint density at radius 1 is 0.958 bits per heavy atom.